The third-order valence-electron chi connectivity index (χ3n) is 3.07. The molecule has 0 saturated carbocycles. The first-order valence-electron chi connectivity index (χ1n) is 6.16. The quantitative estimate of drug-likeness (QED) is 0.741. The molecule has 0 spiro atoms. The van der Waals surface area contributed by atoms with Crippen molar-refractivity contribution in [2.24, 2.45) is 0 Å². The Balaban J connectivity index is 2.07. The predicted octanol–water partition coefficient (Wildman–Crippen LogP) is 4.24. The molecule has 3 nitrogen and oxygen atoms in total. The van der Waals surface area contributed by atoms with Crippen molar-refractivity contribution in [1.29, 1.82) is 0 Å². The third-order valence-corrected chi connectivity index (χ3v) is 4.00. The van der Waals surface area contributed by atoms with Gasteiger partial charge in [0, 0.05) is 11.6 Å². The van der Waals surface area contributed by atoms with Gasteiger partial charge in [0.2, 0.25) is 0 Å². The van der Waals surface area contributed by atoms with Gasteiger partial charge < -0.3 is 9.47 Å². The van der Waals surface area contributed by atoms with Crippen molar-refractivity contribution in [2.75, 3.05) is 13.2 Å². The van der Waals surface area contributed by atoms with Crippen molar-refractivity contribution in [1.82, 2.24) is 0 Å². The lowest BCUT2D eigenvalue weighted by atomic mass is 10.0. The summed E-state index contributed by atoms with van der Waals surface area (Å²) in [6.45, 7) is 0.824. The van der Waals surface area contributed by atoms with E-state index in [0.717, 1.165) is 0 Å². The summed E-state index contributed by atoms with van der Waals surface area (Å²) in [5.74, 6) is -0.203. The van der Waals surface area contributed by atoms with Gasteiger partial charge in [-0.15, -0.1) is 0 Å². The molecule has 2 aromatic rings. The van der Waals surface area contributed by atoms with Crippen molar-refractivity contribution in [3.63, 3.8) is 0 Å². The maximum Gasteiger partial charge on any atom is 0.197 e. The lowest BCUT2D eigenvalue weighted by Gasteiger charge is -2.19. The van der Waals surface area contributed by atoms with Crippen LogP contribution in [0.5, 0.6) is 11.5 Å². The highest BCUT2D eigenvalue weighted by molar-refractivity contribution is 9.10. The normalized spacial score (nSPS) is 13.1. The molecule has 0 bridgehead atoms. The summed E-state index contributed by atoms with van der Waals surface area (Å²) < 4.78 is 25.1. The molecule has 3 rings (SSSR count). The summed E-state index contributed by atoms with van der Waals surface area (Å²) in [5.41, 5.74) is 0.126. The summed E-state index contributed by atoms with van der Waals surface area (Å²) in [5, 5.41) is 0.198. The van der Waals surface area contributed by atoms with Gasteiger partial charge in [-0.3, -0.25) is 4.79 Å². The fourth-order valence-electron chi connectivity index (χ4n) is 2.06. The average molecular weight is 372 g/mol. The van der Waals surface area contributed by atoms with E-state index in [-0.39, 0.29) is 20.6 Å². The van der Waals surface area contributed by atoms with E-state index >= 15 is 0 Å². The highest BCUT2D eigenvalue weighted by Crippen LogP contribution is 2.36. The average Bonchev–Trinajstić information content (AvgIpc) is 2.48. The summed E-state index contributed by atoms with van der Waals surface area (Å²) in [4.78, 5) is 12.5. The first-order valence-corrected chi connectivity index (χ1v) is 7.33. The number of hydrogen-bond donors (Lipinski definition) is 0. The molecule has 108 valence electrons. The molecule has 0 amide bonds. The number of halogens is 3. The molecule has 0 N–H and O–H groups in total. The summed E-state index contributed by atoms with van der Waals surface area (Å²) in [6, 6.07) is 7.53. The molecular formula is C15H9BrClFO3. The maximum atomic E-state index is 14.0. The van der Waals surface area contributed by atoms with Crippen LogP contribution in [0.1, 0.15) is 15.9 Å². The van der Waals surface area contributed by atoms with Crippen LogP contribution in [-0.2, 0) is 0 Å². The Morgan fingerprint density at radius 1 is 1.14 bits per heavy atom. The number of rotatable bonds is 2. The second kappa shape index (κ2) is 5.66. The van der Waals surface area contributed by atoms with Crippen LogP contribution in [0.25, 0.3) is 0 Å². The van der Waals surface area contributed by atoms with Crippen LogP contribution >= 0.6 is 27.5 Å². The second-order valence-corrected chi connectivity index (χ2v) is 5.67. The molecule has 0 saturated heterocycles. The number of ether oxygens (including phenoxy) is 2. The minimum Gasteiger partial charge on any atom is -0.486 e. The molecule has 21 heavy (non-hydrogen) atoms. The first kappa shape index (κ1) is 14.4. The van der Waals surface area contributed by atoms with Crippen LogP contribution in [0.3, 0.4) is 0 Å². The van der Waals surface area contributed by atoms with Gasteiger partial charge in [-0.2, -0.15) is 0 Å². The smallest absolute Gasteiger partial charge is 0.197 e. The molecule has 0 aromatic heterocycles. The topological polar surface area (TPSA) is 35.5 Å². The first-order chi connectivity index (χ1) is 10.1. The third kappa shape index (κ3) is 2.63. The molecule has 2 aromatic carbocycles. The minimum absolute atomic E-state index is 0.0528. The zero-order chi connectivity index (χ0) is 15.0. The molecule has 0 fully saturated rings. The number of ketones is 1. The van der Waals surface area contributed by atoms with Gasteiger partial charge >= 0.3 is 0 Å². The van der Waals surface area contributed by atoms with Crippen LogP contribution in [0.2, 0.25) is 5.02 Å². The molecule has 1 heterocycles. The Kier molecular flexibility index (Phi) is 3.87. The molecule has 0 unspecified atom stereocenters. The van der Waals surface area contributed by atoms with Crippen LogP contribution in [0.15, 0.2) is 34.8 Å². The van der Waals surface area contributed by atoms with Crippen LogP contribution in [-0.4, -0.2) is 19.0 Å². The van der Waals surface area contributed by atoms with E-state index in [2.05, 4.69) is 15.9 Å². The summed E-state index contributed by atoms with van der Waals surface area (Å²) in [6.07, 6.45) is 0. The van der Waals surface area contributed by atoms with E-state index in [1.165, 1.54) is 24.3 Å². The lowest BCUT2D eigenvalue weighted by Crippen LogP contribution is -2.16. The van der Waals surface area contributed by atoms with Crippen molar-refractivity contribution in [2.45, 2.75) is 0 Å². The monoisotopic (exact) mass is 370 g/mol. The fraction of sp³-hybridized carbons (Fsp3) is 0.133. The summed E-state index contributed by atoms with van der Waals surface area (Å²) >= 11 is 9.17. The van der Waals surface area contributed by atoms with E-state index < -0.39 is 11.6 Å². The minimum atomic E-state index is -0.617. The van der Waals surface area contributed by atoms with Gasteiger partial charge in [0.05, 0.1) is 15.1 Å². The lowest BCUT2D eigenvalue weighted by molar-refractivity contribution is 0.103. The van der Waals surface area contributed by atoms with Gasteiger partial charge in [0.25, 0.3) is 0 Å². The standard InChI is InChI=1S/C15H9BrClFO3/c16-10-3-1-2-8(14(10)18)15(19)9-6-12-13(7-11(9)17)21-5-4-20-12/h1-3,6-7H,4-5H2. The molecule has 1 aliphatic rings. The number of carbonyl (C=O) groups is 1. The molecule has 0 radical (unpaired) electrons. The van der Waals surface area contributed by atoms with Gasteiger partial charge in [-0.25, -0.2) is 4.39 Å². The van der Waals surface area contributed by atoms with Crippen molar-refractivity contribution >= 4 is 33.3 Å². The van der Waals surface area contributed by atoms with Gasteiger partial charge in [0.15, 0.2) is 17.3 Å². The highest BCUT2D eigenvalue weighted by Gasteiger charge is 2.22. The van der Waals surface area contributed by atoms with Gasteiger partial charge in [-0.05, 0) is 34.1 Å². The van der Waals surface area contributed by atoms with E-state index in [0.29, 0.717) is 24.7 Å². The molecular weight excluding hydrogens is 363 g/mol. The van der Waals surface area contributed by atoms with E-state index in [9.17, 15) is 9.18 Å². The number of hydrogen-bond acceptors (Lipinski definition) is 3. The maximum absolute atomic E-state index is 14.0. The zero-order valence-corrected chi connectivity index (χ0v) is 13.0. The Labute approximate surface area is 133 Å². The van der Waals surface area contributed by atoms with Crippen molar-refractivity contribution < 1.29 is 18.7 Å². The number of carbonyl (C=O) groups excluding carboxylic acids is 1. The van der Waals surface area contributed by atoms with E-state index in [1.807, 2.05) is 0 Å². The van der Waals surface area contributed by atoms with Gasteiger partial charge in [0.1, 0.15) is 19.0 Å². The Bertz CT molecular complexity index is 733. The SMILES string of the molecule is O=C(c1cc2c(cc1Cl)OCCO2)c1cccc(Br)c1F. The van der Waals surface area contributed by atoms with Crippen LogP contribution < -0.4 is 9.47 Å². The highest BCUT2D eigenvalue weighted by atomic mass is 79.9. The van der Waals surface area contributed by atoms with Crippen molar-refractivity contribution in [3.05, 3.63) is 56.8 Å². The molecule has 0 aliphatic carbocycles. The predicted molar refractivity (Wildman–Crippen MR) is 80.0 cm³/mol. The Morgan fingerprint density at radius 3 is 2.52 bits per heavy atom. The van der Waals surface area contributed by atoms with Crippen LogP contribution in [0.4, 0.5) is 4.39 Å². The zero-order valence-electron chi connectivity index (χ0n) is 10.7. The second-order valence-electron chi connectivity index (χ2n) is 4.41. The van der Waals surface area contributed by atoms with Crippen molar-refractivity contribution in [3.8, 4) is 11.5 Å². The molecule has 1 aliphatic heterocycles. The number of fused-ring (bicyclic) bond motifs is 1. The Morgan fingerprint density at radius 2 is 1.81 bits per heavy atom. The van der Waals surface area contributed by atoms with Gasteiger partial charge in [-0.1, -0.05) is 17.7 Å². The largest absolute Gasteiger partial charge is 0.486 e. The van der Waals surface area contributed by atoms with Crippen LogP contribution in [0, 0.1) is 5.82 Å². The Hall–Kier alpha value is -1.59. The van der Waals surface area contributed by atoms with E-state index in [1.54, 1.807) is 6.07 Å². The van der Waals surface area contributed by atoms with E-state index in [4.69, 9.17) is 21.1 Å². The number of benzene rings is 2. The molecule has 0 atom stereocenters. The molecule has 6 heteroatoms. The fourth-order valence-corrected chi connectivity index (χ4v) is 2.67. The summed E-state index contributed by atoms with van der Waals surface area (Å²) in [7, 11) is 0.